The van der Waals surface area contributed by atoms with Gasteiger partial charge in [-0.1, -0.05) is 18.2 Å². The predicted molar refractivity (Wildman–Crippen MR) is 94.2 cm³/mol. The molecule has 0 radical (unpaired) electrons. The first-order chi connectivity index (χ1) is 11.2. The van der Waals surface area contributed by atoms with Crippen molar-refractivity contribution in [2.24, 2.45) is 0 Å². The summed E-state index contributed by atoms with van der Waals surface area (Å²) in [7, 11) is 1.63. The van der Waals surface area contributed by atoms with Crippen molar-refractivity contribution in [3.63, 3.8) is 0 Å². The number of nitrogens with one attached hydrogen (secondary N) is 1. The van der Waals surface area contributed by atoms with Gasteiger partial charge in [-0.2, -0.15) is 0 Å². The third kappa shape index (κ3) is 4.25. The maximum atomic E-state index is 12.3. The van der Waals surface area contributed by atoms with Crippen LogP contribution >= 0.6 is 0 Å². The zero-order valence-electron chi connectivity index (χ0n) is 14.0. The molecule has 0 bridgehead atoms. The highest BCUT2D eigenvalue weighted by Gasteiger charge is 2.08. The normalized spacial score (nSPS) is 10.2. The molecular formula is C19H24N2O2. The fraction of sp³-hybridized carbons (Fsp3) is 0.316. The van der Waals surface area contributed by atoms with Gasteiger partial charge in [0.15, 0.2) is 0 Å². The standard InChI is InChI=1S/C19H24N2O2/c1-4-21(5-2)17-12-10-15(11-13-17)19(22)20-14-16-8-6-7-9-18(16)23-3/h6-13H,4-5,14H2,1-3H3,(H,20,22). The molecule has 0 fully saturated rings. The average Bonchev–Trinajstić information content (AvgIpc) is 2.61. The summed E-state index contributed by atoms with van der Waals surface area (Å²) in [5.74, 6) is 0.701. The monoisotopic (exact) mass is 312 g/mol. The first kappa shape index (κ1) is 16.9. The number of hydrogen-bond donors (Lipinski definition) is 1. The van der Waals surface area contributed by atoms with E-state index in [1.54, 1.807) is 7.11 Å². The molecule has 2 aromatic rings. The molecule has 0 atom stereocenters. The lowest BCUT2D eigenvalue weighted by Crippen LogP contribution is -2.24. The van der Waals surface area contributed by atoms with E-state index in [4.69, 9.17) is 4.74 Å². The van der Waals surface area contributed by atoms with E-state index in [1.165, 1.54) is 0 Å². The second-order valence-electron chi connectivity index (χ2n) is 5.21. The number of carbonyl (C=O) groups is 1. The number of nitrogens with zero attached hydrogens (tertiary/aromatic N) is 1. The van der Waals surface area contributed by atoms with E-state index < -0.39 is 0 Å². The molecule has 0 heterocycles. The molecule has 2 aromatic carbocycles. The zero-order valence-corrected chi connectivity index (χ0v) is 14.0. The van der Waals surface area contributed by atoms with Gasteiger partial charge < -0.3 is 15.0 Å². The first-order valence-corrected chi connectivity index (χ1v) is 7.94. The van der Waals surface area contributed by atoms with Gasteiger partial charge in [0.2, 0.25) is 0 Å². The zero-order chi connectivity index (χ0) is 16.7. The summed E-state index contributed by atoms with van der Waals surface area (Å²) in [5, 5.41) is 2.93. The van der Waals surface area contributed by atoms with Crippen LogP contribution in [-0.4, -0.2) is 26.1 Å². The molecule has 0 saturated heterocycles. The van der Waals surface area contributed by atoms with Crippen molar-refractivity contribution in [1.82, 2.24) is 5.32 Å². The van der Waals surface area contributed by atoms with E-state index in [9.17, 15) is 4.79 Å². The van der Waals surface area contributed by atoms with Gasteiger partial charge >= 0.3 is 0 Å². The van der Waals surface area contributed by atoms with Gasteiger partial charge in [-0.15, -0.1) is 0 Å². The molecule has 0 unspecified atom stereocenters. The quantitative estimate of drug-likeness (QED) is 0.851. The molecule has 0 aliphatic heterocycles. The van der Waals surface area contributed by atoms with Crippen LogP contribution in [-0.2, 0) is 6.54 Å². The lowest BCUT2D eigenvalue weighted by molar-refractivity contribution is 0.0950. The minimum Gasteiger partial charge on any atom is -0.496 e. The van der Waals surface area contributed by atoms with Crippen LogP contribution < -0.4 is 15.0 Å². The molecule has 23 heavy (non-hydrogen) atoms. The highest BCUT2D eigenvalue weighted by Crippen LogP contribution is 2.18. The molecule has 0 saturated carbocycles. The number of benzene rings is 2. The minimum absolute atomic E-state index is 0.0815. The SMILES string of the molecule is CCN(CC)c1ccc(C(=O)NCc2ccccc2OC)cc1. The smallest absolute Gasteiger partial charge is 0.251 e. The van der Waals surface area contributed by atoms with Crippen LogP contribution in [0.3, 0.4) is 0 Å². The molecule has 0 spiro atoms. The fourth-order valence-corrected chi connectivity index (χ4v) is 2.54. The third-order valence-corrected chi connectivity index (χ3v) is 3.89. The lowest BCUT2D eigenvalue weighted by atomic mass is 10.1. The molecule has 1 amide bonds. The Morgan fingerprint density at radius 1 is 1.04 bits per heavy atom. The summed E-state index contributed by atoms with van der Waals surface area (Å²) in [5.41, 5.74) is 2.76. The van der Waals surface area contributed by atoms with Crippen molar-refractivity contribution in [2.75, 3.05) is 25.1 Å². The number of amides is 1. The van der Waals surface area contributed by atoms with Gasteiger partial charge in [-0.05, 0) is 44.2 Å². The summed E-state index contributed by atoms with van der Waals surface area (Å²) in [6.07, 6.45) is 0. The molecule has 122 valence electrons. The highest BCUT2D eigenvalue weighted by atomic mass is 16.5. The molecule has 4 heteroatoms. The van der Waals surface area contributed by atoms with Crippen molar-refractivity contribution >= 4 is 11.6 Å². The number of para-hydroxylation sites is 1. The second kappa shape index (κ2) is 8.22. The third-order valence-electron chi connectivity index (χ3n) is 3.89. The Morgan fingerprint density at radius 3 is 2.30 bits per heavy atom. The molecule has 0 aromatic heterocycles. The number of anilines is 1. The first-order valence-electron chi connectivity index (χ1n) is 7.94. The Labute approximate surface area is 138 Å². The molecule has 2 rings (SSSR count). The highest BCUT2D eigenvalue weighted by molar-refractivity contribution is 5.94. The van der Waals surface area contributed by atoms with Crippen molar-refractivity contribution < 1.29 is 9.53 Å². The summed E-state index contributed by atoms with van der Waals surface area (Å²) >= 11 is 0. The Kier molecular flexibility index (Phi) is 6.03. The van der Waals surface area contributed by atoms with Gasteiger partial charge in [-0.25, -0.2) is 0 Å². The number of hydrogen-bond acceptors (Lipinski definition) is 3. The molecule has 4 nitrogen and oxygen atoms in total. The van der Waals surface area contributed by atoms with Crippen LogP contribution in [0.1, 0.15) is 29.8 Å². The van der Waals surface area contributed by atoms with Crippen molar-refractivity contribution in [2.45, 2.75) is 20.4 Å². The van der Waals surface area contributed by atoms with Crippen LogP contribution in [0.15, 0.2) is 48.5 Å². The Bertz CT molecular complexity index is 634. The maximum Gasteiger partial charge on any atom is 0.251 e. The average molecular weight is 312 g/mol. The van der Waals surface area contributed by atoms with E-state index in [0.717, 1.165) is 30.1 Å². The van der Waals surface area contributed by atoms with Crippen LogP contribution in [0.4, 0.5) is 5.69 Å². The maximum absolute atomic E-state index is 12.3. The van der Waals surface area contributed by atoms with Gasteiger partial charge in [0, 0.05) is 36.4 Å². The summed E-state index contributed by atoms with van der Waals surface area (Å²) in [4.78, 5) is 14.5. The molecular weight excluding hydrogens is 288 g/mol. The second-order valence-corrected chi connectivity index (χ2v) is 5.21. The number of carbonyl (C=O) groups excluding carboxylic acids is 1. The van der Waals surface area contributed by atoms with Gasteiger partial charge in [0.25, 0.3) is 5.91 Å². The van der Waals surface area contributed by atoms with Gasteiger partial charge in [0.1, 0.15) is 5.75 Å². The fourth-order valence-electron chi connectivity index (χ4n) is 2.54. The van der Waals surface area contributed by atoms with Crippen LogP contribution in [0, 0.1) is 0 Å². The van der Waals surface area contributed by atoms with E-state index in [-0.39, 0.29) is 5.91 Å². The van der Waals surface area contributed by atoms with Crippen molar-refractivity contribution in [1.29, 1.82) is 0 Å². The van der Waals surface area contributed by atoms with Crippen molar-refractivity contribution in [3.05, 3.63) is 59.7 Å². The topological polar surface area (TPSA) is 41.6 Å². The van der Waals surface area contributed by atoms with Gasteiger partial charge in [-0.3, -0.25) is 4.79 Å². The Morgan fingerprint density at radius 2 is 1.70 bits per heavy atom. The summed E-state index contributed by atoms with van der Waals surface area (Å²) in [6.45, 7) is 6.60. The van der Waals surface area contributed by atoms with Gasteiger partial charge in [0.05, 0.1) is 7.11 Å². The molecule has 1 N–H and O–H groups in total. The number of rotatable bonds is 7. The van der Waals surface area contributed by atoms with E-state index in [1.807, 2.05) is 48.5 Å². The Hall–Kier alpha value is -2.49. The largest absolute Gasteiger partial charge is 0.496 e. The van der Waals surface area contributed by atoms with Crippen molar-refractivity contribution in [3.8, 4) is 5.75 Å². The minimum atomic E-state index is -0.0815. The molecule has 0 aliphatic rings. The summed E-state index contributed by atoms with van der Waals surface area (Å²) in [6, 6.07) is 15.4. The number of ether oxygens (including phenoxy) is 1. The van der Waals surface area contributed by atoms with E-state index >= 15 is 0 Å². The lowest BCUT2D eigenvalue weighted by Gasteiger charge is -2.21. The predicted octanol–water partition coefficient (Wildman–Crippen LogP) is 3.47. The molecule has 0 aliphatic carbocycles. The number of methoxy groups -OCH3 is 1. The van der Waals surface area contributed by atoms with Crippen LogP contribution in [0.2, 0.25) is 0 Å². The Balaban J connectivity index is 2.01. The van der Waals surface area contributed by atoms with Crippen LogP contribution in [0.5, 0.6) is 5.75 Å². The van der Waals surface area contributed by atoms with Crippen LogP contribution in [0.25, 0.3) is 0 Å². The summed E-state index contributed by atoms with van der Waals surface area (Å²) < 4.78 is 5.29. The van der Waals surface area contributed by atoms with E-state index in [0.29, 0.717) is 12.1 Å². The van der Waals surface area contributed by atoms with E-state index in [2.05, 4.69) is 24.1 Å².